The minimum atomic E-state index is 0.317. The van der Waals surface area contributed by atoms with Crippen molar-refractivity contribution in [2.75, 3.05) is 5.73 Å². The molecular weight excluding hydrogens is 190 g/mol. The van der Waals surface area contributed by atoms with Gasteiger partial charge in [-0.2, -0.15) is 10.2 Å². The van der Waals surface area contributed by atoms with Gasteiger partial charge < -0.3 is 5.73 Å². The molecule has 0 spiro atoms. The first-order valence-corrected chi connectivity index (χ1v) is 4.91. The molecule has 0 aromatic carbocycles. The van der Waals surface area contributed by atoms with Gasteiger partial charge in [0.1, 0.15) is 5.69 Å². The number of aryl methyl sites for hydroxylation is 1. The molecule has 0 saturated carbocycles. The molecule has 15 heavy (non-hydrogen) atoms. The number of anilines is 1. The first-order chi connectivity index (χ1) is 7.08. The monoisotopic (exact) mass is 205 g/mol. The predicted octanol–water partition coefficient (Wildman–Crippen LogP) is 1.45. The molecule has 80 valence electrons. The largest absolute Gasteiger partial charge is 0.396 e. The van der Waals surface area contributed by atoms with Crippen LogP contribution in [0.25, 0.3) is 11.3 Å². The number of nitrogen functional groups attached to an aromatic ring is 1. The van der Waals surface area contributed by atoms with E-state index < -0.39 is 0 Å². The number of hydrogen-bond acceptors (Lipinski definition) is 3. The Morgan fingerprint density at radius 3 is 2.53 bits per heavy atom. The lowest BCUT2D eigenvalue weighted by Crippen LogP contribution is -2.00. The van der Waals surface area contributed by atoms with E-state index in [4.69, 9.17) is 5.73 Å². The average molecular weight is 205 g/mol. The van der Waals surface area contributed by atoms with Gasteiger partial charge in [-0.1, -0.05) is 0 Å². The smallest absolute Gasteiger partial charge is 0.118 e. The fourth-order valence-corrected chi connectivity index (χ4v) is 1.44. The van der Waals surface area contributed by atoms with Gasteiger partial charge in [-0.15, -0.1) is 0 Å². The third-order valence-corrected chi connectivity index (χ3v) is 2.27. The van der Waals surface area contributed by atoms with Crippen LogP contribution >= 0.6 is 0 Å². The van der Waals surface area contributed by atoms with E-state index in [1.807, 2.05) is 24.1 Å². The second-order valence-corrected chi connectivity index (χ2v) is 3.91. The third kappa shape index (κ3) is 1.72. The summed E-state index contributed by atoms with van der Waals surface area (Å²) in [5.74, 6) is 0. The van der Waals surface area contributed by atoms with Crippen LogP contribution in [0.15, 0.2) is 18.6 Å². The minimum Gasteiger partial charge on any atom is -0.396 e. The van der Waals surface area contributed by atoms with Gasteiger partial charge in [-0.25, -0.2) is 0 Å². The van der Waals surface area contributed by atoms with Crippen LogP contribution < -0.4 is 5.73 Å². The van der Waals surface area contributed by atoms with Crippen LogP contribution in [0.4, 0.5) is 5.69 Å². The number of rotatable bonds is 2. The summed E-state index contributed by atoms with van der Waals surface area (Å²) in [6.45, 7) is 4.14. The fourth-order valence-electron chi connectivity index (χ4n) is 1.44. The number of aromatic nitrogens is 4. The number of hydrogen-bond donors (Lipinski definition) is 1. The molecule has 2 aromatic heterocycles. The normalized spacial score (nSPS) is 11.2. The Bertz CT molecular complexity index is 466. The van der Waals surface area contributed by atoms with Gasteiger partial charge in [0.25, 0.3) is 0 Å². The lowest BCUT2D eigenvalue weighted by Gasteiger charge is -2.02. The summed E-state index contributed by atoms with van der Waals surface area (Å²) in [5.41, 5.74) is 8.35. The topological polar surface area (TPSA) is 61.7 Å². The van der Waals surface area contributed by atoms with Crippen LogP contribution in [0.5, 0.6) is 0 Å². The quantitative estimate of drug-likeness (QED) is 0.807. The maximum absolute atomic E-state index is 5.90. The Balaban J connectivity index is 2.44. The Morgan fingerprint density at radius 1 is 1.33 bits per heavy atom. The molecule has 2 N–H and O–H groups in total. The third-order valence-electron chi connectivity index (χ3n) is 2.27. The molecule has 0 fully saturated rings. The minimum absolute atomic E-state index is 0.317. The maximum Gasteiger partial charge on any atom is 0.118 e. The van der Waals surface area contributed by atoms with Gasteiger partial charge in [0, 0.05) is 31.0 Å². The lowest BCUT2D eigenvalue weighted by molar-refractivity contribution is 0.534. The van der Waals surface area contributed by atoms with Gasteiger partial charge >= 0.3 is 0 Å². The molecule has 2 rings (SSSR count). The summed E-state index contributed by atoms with van der Waals surface area (Å²) in [6, 6.07) is 0.317. The van der Waals surface area contributed by atoms with E-state index in [0.717, 1.165) is 11.3 Å². The van der Waals surface area contributed by atoms with Crippen molar-refractivity contribution >= 4 is 5.69 Å². The van der Waals surface area contributed by atoms with Crippen LogP contribution in [-0.2, 0) is 7.05 Å². The standard InChI is InChI=1S/C10H15N5/c1-7(2)15-6-9(11)10(13-15)8-4-12-14(3)5-8/h4-7H,11H2,1-3H3. The van der Waals surface area contributed by atoms with E-state index in [-0.39, 0.29) is 0 Å². The second-order valence-electron chi connectivity index (χ2n) is 3.91. The van der Waals surface area contributed by atoms with Crippen molar-refractivity contribution in [3.8, 4) is 11.3 Å². The Morgan fingerprint density at radius 2 is 2.07 bits per heavy atom. The molecule has 5 heteroatoms. The molecular formula is C10H15N5. The molecule has 0 radical (unpaired) electrons. The van der Waals surface area contributed by atoms with Crippen molar-refractivity contribution in [3.05, 3.63) is 18.6 Å². The summed E-state index contributed by atoms with van der Waals surface area (Å²) >= 11 is 0. The van der Waals surface area contributed by atoms with Crippen LogP contribution in [0.3, 0.4) is 0 Å². The zero-order valence-corrected chi connectivity index (χ0v) is 9.18. The summed E-state index contributed by atoms with van der Waals surface area (Å²) in [4.78, 5) is 0. The SMILES string of the molecule is CC(C)n1cc(N)c(-c2cnn(C)c2)n1. The summed E-state index contributed by atoms with van der Waals surface area (Å²) < 4.78 is 3.60. The van der Waals surface area contributed by atoms with Crippen molar-refractivity contribution in [1.29, 1.82) is 0 Å². The Labute approximate surface area is 88.5 Å². The summed E-state index contributed by atoms with van der Waals surface area (Å²) in [7, 11) is 1.87. The van der Waals surface area contributed by atoms with Gasteiger partial charge in [0.2, 0.25) is 0 Å². The highest BCUT2D eigenvalue weighted by atomic mass is 15.3. The molecule has 0 unspecified atom stereocenters. The maximum atomic E-state index is 5.90. The average Bonchev–Trinajstić information content (AvgIpc) is 2.71. The molecule has 0 amide bonds. The summed E-state index contributed by atoms with van der Waals surface area (Å²) in [5, 5.41) is 8.53. The molecule has 2 heterocycles. The van der Waals surface area contributed by atoms with E-state index in [0.29, 0.717) is 11.7 Å². The molecule has 0 saturated heterocycles. The molecule has 0 atom stereocenters. The van der Waals surface area contributed by atoms with Crippen molar-refractivity contribution in [3.63, 3.8) is 0 Å². The highest BCUT2D eigenvalue weighted by Crippen LogP contribution is 2.24. The number of nitrogens with zero attached hydrogens (tertiary/aromatic N) is 4. The van der Waals surface area contributed by atoms with Crippen LogP contribution in [0, 0.1) is 0 Å². The van der Waals surface area contributed by atoms with Gasteiger partial charge in [0.15, 0.2) is 0 Å². The van der Waals surface area contributed by atoms with E-state index >= 15 is 0 Å². The zero-order chi connectivity index (χ0) is 11.0. The summed E-state index contributed by atoms with van der Waals surface area (Å²) in [6.07, 6.45) is 5.53. The van der Waals surface area contributed by atoms with Gasteiger partial charge in [-0.05, 0) is 13.8 Å². The molecule has 0 aliphatic heterocycles. The molecule has 5 nitrogen and oxygen atoms in total. The van der Waals surface area contributed by atoms with Crippen molar-refractivity contribution in [1.82, 2.24) is 19.6 Å². The van der Waals surface area contributed by atoms with E-state index in [9.17, 15) is 0 Å². The molecule has 0 aliphatic carbocycles. The highest BCUT2D eigenvalue weighted by molar-refractivity contribution is 5.70. The molecule has 0 bridgehead atoms. The van der Waals surface area contributed by atoms with Crippen molar-refractivity contribution in [2.24, 2.45) is 7.05 Å². The lowest BCUT2D eigenvalue weighted by atomic mass is 10.2. The van der Waals surface area contributed by atoms with Gasteiger partial charge in [0.05, 0.1) is 11.9 Å². The zero-order valence-electron chi connectivity index (χ0n) is 9.18. The van der Waals surface area contributed by atoms with Crippen molar-refractivity contribution in [2.45, 2.75) is 19.9 Å². The molecule has 0 aliphatic rings. The first kappa shape index (κ1) is 9.76. The van der Waals surface area contributed by atoms with E-state index in [2.05, 4.69) is 24.0 Å². The van der Waals surface area contributed by atoms with Crippen LogP contribution in [-0.4, -0.2) is 19.6 Å². The predicted molar refractivity (Wildman–Crippen MR) is 59.2 cm³/mol. The van der Waals surface area contributed by atoms with E-state index in [1.54, 1.807) is 10.9 Å². The highest BCUT2D eigenvalue weighted by Gasteiger charge is 2.11. The van der Waals surface area contributed by atoms with Crippen LogP contribution in [0.1, 0.15) is 19.9 Å². The molecule has 2 aromatic rings. The first-order valence-electron chi connectivity index (χ1n) is 4.91. The van der Waals surface area contributed by atoms with Gasteiger partial charge in [-0.3, -0.25) is 9.36 Å². The Kier molecular flexibility index (Phi) is 2.22. The number of nitrogens with two attached hydrogens (primary N) is 1. The van der Waals surface area contributed by atoms with Crippen molar-refractivity contribution < 1.29 is 0 Å². The Hall–Kier alpha value is -1.78. The second kappa shape index (κ2) is 3.42. The fraction of sp³-hybridized carbons (Fsp3) is 0.400. The van der Waals surface area contributed by atoms with Crippen LogP contribution in [0.2, 0.25) is 0 Å². The van der Waals surface area contributed by atoms with E-state index in [1.165, 1.54) is 0 Å².